The predicted molar refractivity (Wildman–Crippen MR) is 112 cm³/mol. The maximum absolute atomic E-state index is 12.7. The van der Waals surface area contributed by atoms with Crippen LogP contribution in [0.25, 0.3) is 11.5 Å². The quantitative estimate of drug-likeness (QED) is 0.674. The molecule has 1 aliphatic carbocycles. The lowest BCUT2D eigenvalue weighted by atomic mass is 9.78. The van der Waals surface area contributed by atoms with Crippen molar-refractivity contribution in [1.82, 2.24) is 15.5 Å². The van der Waals surface area contributed by atoms with E-state index in [1.165, 1.54) is 18.2 Å². The summed E-state index contributed by atoms with van der Waals surface area (Å²) in [7, 11) is 3.17. The van der Waals surface area contributed by atoms with E-state index in [1.807, 2.05) is 6.92 Å². The number of ether oxygens (including phenoxy) is 2. The molecule has 4 atom stereocenters. The van der Waals surface area contributed by atoms with Crippen molar-refractivity contribution >= 4 is 17.7 Å². The summed E-state index contributed by atoms with van der Waals surface area (Å²) in [5.41, 5.74) is 0.697. The van der Waals surface area contributed by atoms with Gasteiger partial charge in [-0.25, -0.2) is 0 Å². The number of hydrogen-bond acceptors (Lipinski definition) is 7. The second-order valence-electron chi connectivity index (χ2n) is 7.62. The number of amides is 1. The molecule has 158 valence electrons. The molecule has 0 saturated heterocycles. The Labute approximate surface area is 175 Å². The van der Waals surface area contributed by atoms with Gasteiger partial charge >= 0.3 is 0 Å². The first-order valence-corrected chi connectivity index (χ1v) is 10.8. The van der Waals surface area contributed by atoms with Crippen molar-refractivity contribution in [3.05, 3.63) is 18.2 Å². The van der Waals surface area contributed by atoms with Crippen molar-refractivity contribution in [3.8, 4) is 23.0 Å². The van der Waals surface area contributed by atoms with Crippen LogP contribution in [0.3, 0.4) is 0 Å². The fraction of sp³-hybridized carbons (Fsp3) is 0.571. The van der Waals surface area contributed by atoms with E-state index in [2.05, 4.69) is 29.4 Å². The molecule has 8 heteroatoms. The third-order valence-electron chi connectivity index (χ3n) is 5.69. The van der Waals surface area contributed by atoms with Gasteiger partial charge in [0, 0.05) is 17.7 Å². The first-order chi connectivity index (χ1) is 13.9. The summed E-state index contributed by atoms with van der Waals surface area (Å²) < 4.78 is 16.3. The van der Waals surface area contributed by atoms with E-state index < -0.39 is 0 Å². The highest BCUT2D eigenvalue weighted by Gasteiger charge is 2.30. The van der Waals surface area contributed by atoms with E-state index in [0.29, 0.717) is 40.0 Å². The molecule has 0 bridgehead atoms. The second-order valence-corrected chi connectivity index (χ2v) is 8.91. The molecule has 1 N–H and O–H groups in total. The number of nitrogens with zero attached hydrogens (tertiary/aromatic N) is 2. The van der Waals surface area contributed by atoms with Gasteiger partial charge < -0.3 is 19.2 Å². The molecule has 1 fully saturated rings. The number of carbonyl (C=O) groups excluding carboxylic acids is 1. The summed E-state index contributed by atoms with van der Waals surface area (Å²) in [4.78, 5) is 12.7. The third kappa shape index (κ3) is 5.23. The van der Waals surface area contributed by atoms with Gasteiger partial charge in [-0.3, -0.25) is 4.79 Å². The molecule has 7 nitrogen and oxygen atoms in total. The number of methoxy groups -OCH3 is 2. The molecule has 0 spiro atoms. The molecule has 29 heavy (non-hydrogen) atoms. The number of nitrogens with one attached hydrogen (secondary N) is 1. The zero-order chi connectivity index (χ0) is 21.0. The minimum atomic E-state index is -0.326. The van der Waals surface area contributed by atoms with E-state index in [4.69, 9.17) is 13.9 Å². The molecule has 2 aromatic rings. The van der Waals surface area contributed by atoms with Crippen LogP contribution in [0, 0.1) is 11.8 Å². The lowest BCUT2D eigenvalue weighted by molar-refractivity contribution is -0.121. The summed E-state index contributed by atoms with van der Waals surface area (Å²) >= 11 is 1.26. The topological polar surface area (TPSA) is 86.5 Å². The lowest BCUT2D eigenvalue weighted by Gasteiger charge is -2.35. The SMILES string of the molecule is COc1cc(OC)cc(-c2nnc(S[C@H](C)C(=O)N[C@H]3CCC[C@@H](C)[C@H]3C)o2)c1. The van der Waals surface area contributed by atoms with Crippen LogP contribution in [0.4, 0.5) is 0 Å². The van der Waals surface area contributed by atoms with Gasteiger partial charge in [-0.05, 0) is 37.3 Å². The molecule has 0 aliphatic heterocycles. The van der Waals surface area contributed by atoms with E-state index in [0.717, 1.165) is 12.8 Å². The average Bonchev–Trinajstić information content (AvgIpc) is 3.19. The van der Waals surface area contributed by atoms with Gasteiger partial charge in [0.1, 0.15) is 11.5 Å². The van der Waals surface area contributed by atoms with Crippen molar-refractivity contribution in [3.63, 3.8) is 0 Å². The Balaban J connectivity index is 1.64. The molecule has 3 rings (SSSR count). The van der Waals surface area contributed by atoms with Crippen molar-refractivity contribution in [2.45, 2.75) is 56.5 Å². The number of carbonyl (C=O) groups is 1. The highest BCUT2D eigenvalue weighted by atomic mass is 32.2. The van der Waals surface area contributed by atoms with Crippen molar-refractivity contribution in [2.75, 3.05) is 14.2 Å². The Morgan fingerprint density at radius 2 is 1.86 bits per heavy atom. The van der Waals surface area contributed by atoms with E-state index >= 15 is 0 Å². The van der Waals surface area contributed by atoms with Crippen LogP contribution in [0.5, 0.6) is 11.5 Å². The van der Waals surface area contributed by atoms with Gasteiger partial charge in [-0.15, -0.1) is 10.2 Å². The van der Waals surface area contributed by atoms with E-state index in [-0.39, 0.29) is 17.2 Å². The molecular weight excluding hydrogens is 390 g/mol. The highest BCUT2D eigenvalue weighted by Crippen LogP contribution is 2.32. The van der Waals surface area contributed by atoms with Crippen LogP contribution in [-0.2, 0) is 4.79 Å². The number of thioether (sulfide) groups is 1. The minimum absolute atomic E-state index is 0.00347. The largest absolute Gasteiger partial charge is 0.497 e. The van der Waals surface area contributed by atoms with Crippen LogP contribution in [0.15, 0.2) is 27.8 Å². The van der Waals surface area contributed by atoms with Gasteiger partial charge in [0.2, 0.25) is 11.8 Å². The Morgan fingerprint density at radius 1 is 1.17 bits per heavy atom. The number of aromatic nitrogens is 2. The van der Waals surface area contributed by atoms with E-state index in [9.17, 15) is 4.79 Å². The smallest absolute Gasteiger partial charge is 0.277 e. The van der Waals surface area contributed by atoms with Gasteiger partial charge in [-0.2, -0.15) is 0 Å². The second kappa shape index (κ2) is 9.52. The van der Waals surface area contributed by atoms with Crippen molar-refractivity contribution in [2.24, 2.45) is 11.8 Å². The molecule has 1 heterocycles. The highest BCUT2D eigenvalue weighted by molar-refractivity contribution is 8.00. The van der Waals surface area contributed by atoms with Gasteiger partial charge in [-0.1, -0.05) is 38.5 Å². The van der Waals surface area contributed by atoms with Crippen LogP contribution < -0.4 is 14.8 Å². The van der Waals surface area contributed by atoms with Crippen LogP contribution in [0.2, 0.25) is 0 Å². The Bertz CT molecular complexity index is 819. The van der Waals surface area contributed by atoms with Crippen molar-refractivity contribution < 1.29 is 18.7 Å². The normalized spacial score (nSPS) is 22.7. The summed E-state index contributed by atoms with van der Waals surface area (Å²) in [5, 5.41) is 11.4. The first-order valence-electron chi connectivity index (χ1n) is 9.95. The Morgan fingerprint density at radius 3 is 2.52 bits per heavy atom. The maximum atomic E-state index is 12.7. The van der Waals surface area contributed by atoms with Crippen LogP contribution in [-0.4, -0.2) is 41.6 Å². The molecule has 1 aliphatic rings. The first kappa shape index (κ1) is 21.5. The zero-order valence-corrected chi connectivity index (χ0v) is 18.4. The van der Waals surface area contributed by atoms with Gasteiger partial charge in [0.15, 0.2) is 0 Å². The monoisotopic (exact) mass is 419 g/mol. The number of benzene rings is 1. The fourth-order valence-electron chi connectivity index (χ4n) is 3.60. The fourth-order valence-corrected chi connectivity index (χ4v) is 4.29. The Kier molecular flexibility index (Phi) is 7.05. The lowest BCUT2D eigenvalue weighted by Crippen LogP contribution is -2.46. The summed E-state index contributed by atoms with van der Waals surface area (Å²) in [5.74, 6) is 2.75. The maximum Gasteiger partial charge on any atom is 0.277 e. The molecule has 1 saturated carbocycles. The Hall–Kier alpha value is -2.22. The molecule has 0 unspecified atom stereocenters. The standard InChI is InChI=1S/C21H29N3O4S/c1-12-7-6-8-18(13(12)2)22-19(25)14(3)29-21-24-23-20(28-21)15-9-16(26-4)11-17(10-15)27-5/h9-14,18H,6-8H2,1-5H3,(H,22,25)/t12-,13-,14-,18+/m1/s1. The average molecular weight is 420 g/mol. The zero-order valence-electron chi connectivity index (χ0n) is 17.6. The number of hydrogen-bond donors (Lipinski definition) is 1. The molecule has 1 aromatic heterocycles. The van der Waals surface area contributed by atoms with E-state index in [1.54, 1.807) is 32.4 Å². The molecule has 1 aromatic carbocycles. The van der Waals surface area contributed by atoms with Crippen molar-refractivity contribution in [1.29, 1.82) is 0 Å². The summed E-state index contributed by atoms with van der Waals surface area (Å²) in [6.07, 6.45) is 3.43. The number of rotatable bonds is 7. The summed E-state index contributed by atoms with van der Waals surface area (Å²) in [6.45, 7) is 6.34. The van der Waals surface area contributed by atoms with Crippen LogP contribution >= 0.6 is 11.8 Å². The predicted octanol–water partition coefficient (Wildman–Crippen LogP) is 4.18. The molecular formula is C21H29N3O4S. The minimum Gasteiger partial charge on any atom is -0.497 e. The summed E-state index contributed by atoms with van der Waals surface area (Å²) in [6, 6.07) is 5.60. The van der Waals surface area contributed by atoms with Crippen LogP contribution in [0.1, 0.15) is 40.0 Å². The molecule has 0 radical (unpaired) electrons. The van der Waals surface area contributed by atoms with Gasteiger partial charge in [0.25, 0.3) is 5.22 Å². The molecule has 1 amide bonds. The van der Waals surface area contributed by atoms with Gasteiger partial charge in [0.05, 0.1) is 19.5 Å². The third-order valence-corrected chi connectivity index (χ3v) is 6.62.